The molecule has 0 aromatic rings. The van der Waals surface area contributed by atoms with E-state index in [-0.39, 0.29) is 0 Å². The second-order valence-corrected chi connectivity index (χ2v) is 3.84. The molecule has 0 unspecified atom stereocenters. The van der Waals surface area contributed by atoms with E-state index in [1.54, 1.807) is 0 Å². The summed E-state index contributed by atoms with van der Waals surface area (Å²) in [5.74, 6) is 0. The molecule has 0 aliphatic rings. The van der Waals surface area contributed by atoms with Crippen LogP contribution in [0.4, 0.5) is 13.2 Å². The SMILES string of the molecule is CC=CCCCCCCCCC(F)(F)F. The van der Waals surface area contributed by atoms with E-state index >= 15 is 0 Å². The second-order valence-electron chi connectivity index (χ2n) is 3.84. The second kappa shape index (κ2) is 8.81. The Morgan fingerprint density at radius 3 is 1.93 bits per heavy atom. The van der Waals surface area contributed by atoms with Gasteiger partial charge in [-0.1, -0.05) is 37.8 Å². The Labute approximate surface area is 90.6 Å². The van der Waals surface area contributed by atoms with Crippen LogP contribution in [0, 0.1) is 0 Å². The summed E-state index contributed by atoms with van der Waals surface area (Å²) in [4.78, 5) is 0. The monoisotopic (exact) mass is 222 g/mol. The van der Waals surface area contributed by atoms with Crippen molar-refractivity contribution in [2.45, 2.75) is 64.5 Å². The van der Waals surface area contributed by atoms with E-state index in [2.05, 4.69) is 6.08 Å². The van der Waals surface area contributed by atoms with E-state index in [0.29, 0.717) is 12.8 Å². The summed E-state index contributed by atoms with van der Waals surface area (Å²) in [7, 11) is 0. The summed E-state index contributed by atoms with van der Waals surface area (Å²) in [5.41, 5.74) is 0. The number of hydrogen-bond donors (Lipinski definition) is 0. The topological polar surface area (TPSA) is 0 Å². The molecular weight excluding hydrogens is 201 g/mol. The number of allylic oxidation sites excluding steroid dienone is 2. The van der Waals surface area contributed by atoms with Crippen molar-refractivity contribution in [1.29, 1.82) is 0 Å². The van der Waals surface area contributed by atoms with Crippen molar-refractivity contribution in [3.05, 3.63) is 12.2 Å². The van der Waals surface area contributed by atoms with Crippen LogP contribution in [0.25, 0.3) is 0 Å². The number of unbranched alkanes of at least 4 members (excludes halogenated alkanes) is 6. The molecule has 0 radical (unpaired) electrons. The van der Waals surface area contributed by atoms with Gasteiger partial charge in [0.25, 0.3) is 0 Å². The molecule has 0 aromatic heterocycles. The summed E-state index contributed by atoms with van der Waals surface area (Å²) >= 11 is 0. The lowest BCUT2D eigenvalue weighted by Gasteiger charge is -2.05. The molecule has 3 heteroatoms. The van der Waals surface area contributed by atoms with Gasteiger partial charge in [0.2, 0.25) is 0 Å². The Hall–Kier alpha value is -0.470. The fraction of sp³-hybridized carbons (Fsp3) is 0.833. The number of rotatable bonds is 8. The molecule has 0 saturated heterocycles. The summed E-state index contributed by atoms with van der Waals surface area (Å²) in [6, 6.07) is 0. The Morgan fingerprint density at radius 2 is 1.40 bits per heavy atom. The Balaban J connectivity index is 3.05. The van der Waals surface area contributed by atoms with Gasteiger partial charge in [0, 0.05) is 6.42 Å². The molecule has 0 N–H and O–H groups in total. The van der Waals surface area contributed by atoms with Crippen molar-refractivity contribution in [1.82, 2.24) is 0 Å². The van der Waals surface area contributed by atoms with Gasteiger partial charge in [0.05, 0.1) is 0 Å². The minimum Gasteiger partial charge on any atom is -0.171 e. The lowest BCUT2D eigenvalue weighted by molar-refractivity contribution is -0.135. The highest BCUT2D eigenvalue weighted by Crippen LogP contribution is 2.23. The third-order valence-corrected chi connectivity index (χ3v) is 2.32. The van der Waals surface area contributed by atoms with E-state index in [9.17, 15) is 13.2 Å². The molecule has 15 heavy (non-hydrogen) atoms. The highest BCUT2D eigenvalue weighted by molar-refractivity contribution is 4.76. The fourth-order valence-electron chi connectivity index (χ4n) is 1.46. The van der Waals surface area contributed by atoms with Gasteiger partial charge < -0.3 is 0 Å². The van der Waals surface area contributed by atoms with E-state index in [1.807, 2.05) is 13.0 Å². The zero-order chi connectivity index (χ0) is 11.6. The smallest absolute Gasteiger partial charge is 0.171 e. The zero-order valence-corrected chi connectivity index (χ0v) is 9.45. The van der Waals surface area contributed by atoms with E-state index in [0.717, 1.165) is 32.1 Å². The van der Waals surface area contributed by atoms with Crippen LogP contribution in [0.2, 0.25) is 0 Å². The van der Waals surface area contributed by atoms with Crippen LogP contribution in [0.1, 0.15) is 58.3 Å². The van der Waals surface area contributed by atoms with Gasteiger partial charge >= 0.3 is 6.18 Å². The Kier molecular flexibility index (Phi) is 8.53. The van der Waals surface area contributed by atoms with Crippen molar-refractivity contribution < 1.29 is 13.2 Å². The third kappa shape index (κ3) is 13.5. The zero-order valence-electron chi connectivity index (χ0n) is 9.45. The van der Waals surface area contributed by atoms with Crippen molar-refractivity contribution in [3.8, 4) is 0 Å². The molecule has 0 bridgehead atoms. The molecule has 0 aliphatic carbocycles. The maximum Gasteiger partial charge on any atom is 0.389 e. The van der Waals surface area contributed by atoms with Gasteiger partial charge in [0.1, 0.15) is 0 Å². The predicted octanol–water partition coefficient (Wildman–Crippen LogP) is 5.25. The highest BCUT2D eigenvalue weighted by Gasteiger charge is 2.25. The molecule has 0 spiro atoms. The molecule has 0 atom stereocenters. The lowest BCUT2D eigenvalue weighted by atomic mass is 10.1. The summed E-state index contributed by atoms with van der Waals surface area (Å²) in [6.07, 6.45) is 5.96. The molecule has 0 saturated carbocycles. The van der Waals surface area contributed by atoms with Gasteiger partial charge in [-0.3, -0.25) is 0 Å². The van der Waals surface area contributed by atoms with Gasteiger partial charge in [-0.05, 0) is 26.2 Å². The van der Waals surface area contributed by atoms with Gasteiger partial charge in [-0.2, -0.15) is 13.2 Å². The molecule has 0 fully saturated rings. The number of alkyl halides is 3. The average Bonchev–Trinajstić information content (AvgIpc) is 2.14. The highest BCUT2D eigenvalue weighted by atomic mass is 19.4. The molecule has 90 valence electrons. The molecular formula is C12H21F3. The first-order valence-electron chi connectivity index (χ1n) is 5.74. The number of hydrogen-bond acceptors (Lipinski definition) is 0. The first-order valence-corrected chi connectivity index (χ1v) is 5.74. The summed E-state index contributed by atoms with van der Waals surface area (Å²) in [6.45, 7) is 2.00. The standard InChI is InChI=1S/C12H21F3/c1-2-3-4-5-6-7-8-9-10-11-12(13,14)15/h2-3H,4-11H2,1H3. The van der Waals surface area contributed by atoms with Crippen molar-refractivity contribution in [2.24, 2.45) is 0 Å². The van der Waals surface area contributed by atoms with Gasteiger partial charge in [0.15, 0.2) is 0 Å². The molecule has 0 nitrogen and oxygen atoms in total. The van der Waals surface area contributed by atoms with Crippen LogP contribution in [-0.2, 0) is 0 Å². The van der Waals surface area contributed by atoms with E-state index in [4.69, 9.17) is 0 Å². The van der Waals surface area contributed by atoms with Crippen molar-refractivity contribution in [3.63, 3.8) is 0 Å². The molecule has 0 aromatic carbocycles. The first kappa shape index (κ1) is 14.5. The minimum absolute atomic E-state index is 0.290. The largest absolute Gasteiger partial charge is 0.389 e. The van der Waals surface area contributed by atoms with Crippen LogP contribution >= 0.6 is 0 Å². The van der Waals surface area contributed by atoms with Crippen molar-refractivity contribution >= 4 is 0 Å². The van der Waals surface area contributed by atoms with E-state index < -0.39 is 12.6 Å². The Bertz CT molecular complexity index is 159. The van der Waals surface area contributed by atoms with Crippen molar-refractivity contribution in [2.75, 3.05) is 0 Å². The quantitative estimate of drug-likeness (QED) is 0.389. The predicted molar refractivity (Wildman–Crippen MR) is 57.8 cm³/mol. The van der Waals surface area contributed by atoms with Crippen LogP contribution in [-0.4, -0.2) is 6.18 Å². The minimum atomic E-state index is -3.97. The van der Waals surface area contributed by atoms with Crippen LogP contribution in [0.15, 0.2) is 12.2 Å². The average molecular weight is 222 g/mol. The van der Waals surface area contributed by atoms with E-state index in [1.165, 1.54) is 0 Å². The van der Waals surface area contributed by atoms with Crippen LogP contribution in [0.3, 0.4) is 0 Å². The summed E-state index contributed by atoms with van der Waals surface area (Å²) < 4.78 is 35.3. The third-order valence-electron chi connectivity index (χ3n) is 2.32. The first-order chi connectivity index (χ1) is 7.06. The maximum absolute atomic E-state index is 11.8. The molecule has 0 amide bonds. The lowest BCUT2D eigenvalue weighted by Crippen LogP contribution is -2.06. The number of halogens is 3. The molecule has 0 rings (SSSR count). The fourth-order valence-corrected chi connectivity index (χ4v) is 1.46. The molecule has 0 aliphatic heterocycles. The maximum atomic E-state index is 11.8. The van der Waals surface area contributed by atoms with Gasteiger partial charge in [-0.25, -0.2) is 0 Å². The normalized spacial score (nSPS) is 12.5. The Morgan fingerprint density at radius 1 is 0.867 bits per heavy atom. The van der Waals surface area contributed by atoms with Gasteiger partial charge in [-0.15, -0.1) is 0 Å². The summed E-state index contributed by atoms with van der Waals surface area (Å²) in [5, 5.41) is 0. The van der Waals surface area contributed by atoms with Crippen LogP contribution < -0.4 is 0 Å². The molecule has 0 heterocycles. The van der Waals surface area contributed by atoms with Crippen LogP contribution in [0.5, 0.6) is 0 Å².